The Morgan fingerprint density at radius 1 is 1.15 bits per heavy atom. The highest BCUT2D eigenvalue weighted by molar-refractivity contribution is 6.30. The number of aliphatic imine (C=N–C) groups is 1. The second kappa shape index (κ2) is 5.83. The minimum absolute atomic E-state index is 0.327. The average molecular weight is 294 g/mol. The van der Waals surface area contributed by atoms with E-state index in [1.165, 1.54) is 0 Å². The summed E-state index contributed by atoms with van der Waals surface area (Å²) in [6, 6.07) is 6.29. The standard InChI is InChI=1S/C13H12ClN3O3/c1-7(10-11(18)16-13(20)17-12(10)19)15-6-8-2-4-9(14)5-3-8/h2-5,10H,6H2,1H3,(H2,16,17,18,19,20). The van der Waals surface area contributed by atoms with Crippen LogP contribution >= 0.6 is 11.6 Å². The lowest BCUT2D eigenvalue weighted by Gasteiger charge is -2.20. The van der Waals surface area contributed by atoms with E-state index in [0.717, 1.165) is 5.56 Å². The zero-order valence-electron chi connectivity index (χ0n) is 10.6. The fraction of sp³-hybridized carbons (Fsp3) is 0.231. The van der Waals surface area contributed by atoms with Gasteiger partial charge in [-0.15, -0.1) is 0 Å². The first-order valence-corrected chi connectivity index (χ1v) is 6.26. The molecule has 0 aromatic heterocycles. The Labute approximate surface area is 120 Å². The Hall–Kier alpha value is -2.21. The second-order valence-electron chi connectivity index (χ2n) is 4.32. The first kappa shape index (κ1) is 14.2. The van der Waals surface area contributed by atoms with Gasteiger partial charge in [0.25, 0.3) is 0 Å². The Morgan fingerprint density at radius 3 is 2.25 bits per heavy atom. The van der Waals surface area contributed by atoms with Crippen molar-refractivity contribution in [2.75, 3.05) is 0 Å². The van der Waals surface area contributed by atoms with Crippen molar-refractivity contribution in [3.05, 3.63) is 34.9 Å². The number of rotatable bonds is 3. The van der Waals surface area contributed by atoms with Crippen molar-refractivity contribution in [1.82, 2.24) is 10.6 Å². The van der Waals surface area contributed by atoms with Gasteiger partial charge >= 0.3 is 6.03 Å². The van der Waals surface area contributed by atoms with E-state index >= 15 is 0 Å². The molecular formula is C13H12ClN3O3. The summed E-state index contributed by atoms with van der Waals surface area (Å²) in [5.74, 6) is -2.38. The van der Waals surface area contributed by atoms with Gasteiger partial charge in [-0.2, -0.15) is 0 Å². The van der Waals surface area contributed by atoms with Crippen LogP contribution in [0, 0.1) is 5.92 Å². The van der Waals surface area contributed by atoms with E-state index in [4.69, 9.17) is 11.6 Å². The van der Waals surface area contributed by atoms with Gasteiger partial charge in [0.2, 0.25) is 11.8 Å². The van der Waals surface area contributed by atoms with Crippen molar-refractivity contribution in [2.45, 2.75) is 13.5 Å². The van der Waals surface area contributed by atoms with Gasteiger partial charge in [0, 0.05) is 10.7 Å². The van der Waals surface area contributed by atoms with Crippen molar-refractivity contribution >= 4 is 35.2 Å². The van der Waals surface area contributed by atoms with Gasteiger partial charge in [-0.1, -0.05) is 23.7 Å². The van der Waals surface area contributed by atoms with E-state index in [1.54, 1.807) is 19.1 Å². The van der Waals surface area contributed by atoms with E-state index in [-0.39, 0.29) is 0 Å². The SMILES string of the molecule is CC(=NCc1ccc(Cl)cc1)C1C(=O)NC(=O)NC1=O. The zero-order valence-corrected chi connectivity index (χ0v) is 11.4. The maximum Gasteiger partial charge on any atom is 0.328 e. The number of halogens is 1. The highest BCUT2D eigenvalue weighted by atomic mass is 35.5. The lowest BCUT2D eigenvalue weighted by Crippen LogP contribution is -2.57. The molecule has 1 heterocycles. The van der Waals surface area contributed by atoms with Crippen LogP contribution in [0.25, 0.3) is 0 Å². The Balaban J connectivity index is 2.09. The van der Waals surface area contributed by atoms with Crippen molar-refractivity contribution in [3.8, 4) is 0 Å². The van der Waals surface area contributed by atoms with Crippen LogP contribution < -0.4 is 10.6 Å². The molecule has 0 unspecified atom stereocenters. The molecular weight excluding hydrogens is 282 g/mol. The molecule has 7 heteroatoms. The van der Waals surface area contributed by atoms with Gasteiger partial charge in [0.1, 0.15) is 0 Å². The normalized spacial score (nSPS) is 16.9. The third-order valence-corrected chi connectivity index (χ3v) is 3.09. The number of barbiturate groups is 1. The van der Waals surface area contributed by atoms with E-state index < -0.39 is 23.8 Å². The van der Waals surface area contributed by atoms with Crippen LogP contribution in [0.1, 0.15) is 12.5 Å². The molecule has 0 atom stereocenters. The lowest BCUT2D eigenvalue weighted by molar-refractivity contribution is -0.132. The molecule has 1 aliphatic rings. The molecule has 1 aromatic rings. The molecule has 0 saturated carbocycles. The molecule has 2 N–H and O–H groups in total. The van der Waals surface area contributed by atoms with Crippen molar-refractivity contribution in [2.24, 2.45) is 10.9 Å². The predicted molar refractivity (Wildman–Crippen MR) is 73.4 cm³/mol. The number of imide groups is 2. The molecule has 0 bridgehead atoms. The Bertz CT molecular complexity index is 575. The maximum absolute atomic E-state index is 11.6. The molecule has 1 aliphatic heterocycles. The van der Waals surface area contributed by atoms with Gasteiger partial charge in [0.15, 0.2) is 5.92 Å². The highest BCUT2D eigenvalue weighted by Crippen LogP contribution is 2.12. The van der Waals surface area contributed by atoms with Crippen molar-refractivity contribution < 1.29 is 14.4 Å². The number of carbonyl (C=O) groups excluding carboxylic acids is 3. The van der Waals surface area contributed by atoms with Crippen molar-refractivity contribution in [1.29, 1.82) is 0 Å². The number of benzene rings is 1. The van der Waals surface area contributed by atoms with Crippen LogP contribution in [0.5, 0.6) is 0 Å². The summed E-state index contributed by atoms with van der Waals surface area (Å²) in [5, 5.41) is 4.70. The molecule has 1 fully saturated rings. The molecule has 20 heavy (non-hydrogen) atoms. The first-order chi connectivity index (χ1) is 9.47. The van der Waals surface area contributed by atoms with Gasteiger partial charge < -0.3 is 0 Å². The molecule has 2 rings (SSSR count). The van der Waals surface area contributed by atoms with E-state index in [9.17, 15) is 14.4 Å². The summed E-state index contributed by atoms with van der Waals surface area (Å²) in [4.78, 5) is 38.4. The fourth-order valence-corrected chi connectivity index (χ4v) is 1.92. The predicted octanol–water partition coefficient (Wildman–Crippen LogP) is 1.28. The molecule has 0 spiro atoms. The second-order valence-corrected chi connectivity index (χ2v) is 4.76. The molecule has 0 radical (unpaired) electrons. The van der Waals surface area contributed by atoms with Crippen LogP contribution in [0.2, 0.25) is 5.02 Å². The van der Waals surface area contributed by atoms with Gasteiger partial charge in [-0.3, -0.25) is 25.2 Å². The van der Waals surface area contributed by atoms with Crippen LogP contribution in [0.3, 0.4) is 0 Å². The quantitative estimate of drug-likeness (QED) is 0.650. The van der Waals surface area contributed by atoms with Crippen LogP contribution in [-0.2, 0) is 16.1 Å². The summed E-state index contributed by atoms with van der Waals surface area (Å²) in [6.45, 7) is 1.91. The zero-order chi connectivity index (χ0) is 14.7. The van der Waals surface area contributed by atoms with Crippen LogP contribution in [0.4, 0.5) is 4.79 Å². The van der Waals surface area contributed by atoms with Crippen molar-refractivity contribution in [3.63, 3.8) is 0 Å². The summed E-state index contributed by atoms with van der Waals surface area (Å²) in [6.07, 6.45) is 0. The molecule has 1 saturated heterocycles. The number of amides is 4. The molecule has 4 amide bonds. The van der Waals surface area contributed by atoms with Gasteiger partial charge in [0.05, 0.1) is 6.54 Å². The monoisotopic (exact) mass is 293 g/mol. The largest absolute Gasteiger partial charge is 0.328 e. The molecule has 6 nitrogen and oxygen atoms in total. The summed E-state index contributed by atoms with van der Waals surface area (Å²) < 4.78 is 0. The van der Waals surface area contributed by atoms with Crippen LogP contribution in [-0.4, -0.2) is 23.6 Å². The number of urea groups is 1. The number of nitrogens with one attached hydrogen (secondary N) is 2. The summed E-state index contributed by atoms with van der Waals surface area (Å²) in [5.41, 5.74) is 1.25. The average Bonchev–Trinajstić information content (AvgIpc) is 2.37. The van der Waals surface area contributed by atoms with E-state index in [0.29, 0.717) is 17.3 Å². The Kier molecular flexibility index (Phi) is 4.14. The maximum atomic E-state index is 11.6. The third-order valence-electron chi connectivity index (χ3n) is 2.84. The molecule has 1 aromatic carbocycles. The number of carbonyl (C=O) groups is 3. The lowest BCUT2D eigenvalue weighted by atomic mass is 10.0. The Morgan fingerprint density at radius 2 is 1.70 bits per heavy atom. The van der Waals surface area contributed by atoms with E-state index in [2.05, 4.69) is 4.99 Å². The van der Waals surface area contributed by atoms with Gasteiger partial charge in [-0.25, -0.2) is 4.79 Å². The first-order valence-electron chi connectivity index (χ1n) is 5.88. The number of nitrogens with zero attached hydrogens (tertiary/aromatic N) is 1. The topological polar surface area (TPSA) is 87.6 Å². The van der Waals surface area contributed by atoms with Gasteiger partial charge in [-0.05, 0) is 24.6 Å². The summed E-state index contributed by atoms with van der Waals surface area (Å²) in [7, 11) is 0. The molecule has 0 aliphatic carbocycles. The van der Waals surface area contributed by atoms with Crippen LogP contribution in [0.15, 0.2) is 29.3 Å². The number of hydrogen-bond acceptors (Lipinski definition) is 4. The van der Waals surface area contributed by atoms with E-state index in [1.807, 2.05) is 22.8 Å². The minimum Gasteiger partial charge on any atom is -0.288 e. The summed E-state index contributed by atoms with van der Waals surface area (Å²) >= 11 is 5.77. The number of hydrogen-bond donors (Lipinski definition) is 2. The highest BCUT2D eigenvalue weighted by Gasteiger charge is 2.36. The smallest absolute Gasteiger partial charge is 0.288 e. The third kappa shape index (κ3) is 3.21. The molecule has 104 valence electrons. The minimum atomic E-state index is -1.07. The fourth-order valence-electron chi connectivity index (χ4n) is 1.79.